The molecule has 0 fully saturated rings. The van der Waals surface area contributed by atoms with Gasteiger partial charge in [0.2, 0.25) is 11.8 Å². The molecular formula is C17H16Cl2N2O3. The Morgan fingerprint density at radius 2 is 1.67 bits per heavy atom. The van der Waals surface area contributed by atoms with Crippen molar-refractivity contribution in [2.75, 3.05) is 23.9 Å². The lowest BCUT2D eigenvalue weighted by Crippen LogP contribution is -2.37. The number of nitrogens with one attached hydrogen (secondary N) is 1. The number of ether oxygens (including phenoxy) is 1. The molecule has 0 atom stereocenters. The fourth-order valence-electron chi connectivity index (χ4n) is 2.11. The van der Waals surface area contributed by atoms with Gasteiger partial charge in [-0.25, -0.2) is 0 Å². The van der Waals surface area contributed by atoms with Crippen LogP contribution in [0.3, 0.4) is 0 Å². The summed E-state index contributed by atoms with van der Waals surface area (Å²) in [5, 5.41) is 3.31. The van der Waals surface area contributed by atoms with Crippen molar-refractivity contribution in [2.45, 2.75) is 6.92 Å². The Kier molecular flexibility index (Phi) is 6.06. The molecule has 0 spiro atoms. The first-order valence-electron chi connectivity index (χ1n) is 7.08. The maximum absolute atomic E-state index is 12.3. The molecule has 0 aliphatic heterocycles. The highest BCUT2D eigenvalue weighted by molar-refractivity contribution is 6.40. The van der Waals surface area contributed by atoms with Crippen LogP contribution >= 0.6 is 23.2 Å². The van der Waals surface area contributed by atoms with E-state index in [1.807, 2.05) is 0 Å². The highest BCUT2D eigenvalue weighted by atomic mass is 35.5. The van der Waals surface area contributed by atoms with Crippen molar-refractivity contribution in [1.29, 1.82) is 0 Å². The molecule has 0 bridgehead atoms. The summed E-state index contributed by atoms with van der Waals surface area (Å²) < 4.78 is 5.06. The summed E-state index contributed by atoms with van der Waals surface area (Å²) in [5.74, 6) is -0.0255. The molecule has 2 aromatic carbocycles. The van der Waals surface area contributed by atoms with Crippen LogP contribution in [0.2, 0.25) is 10.0 Å². The van der Waals surface area contributed by atoms with Crippen LogP contribution in [0, 0.1) is 0 Å². The molecule has 7 heteroatoms. The van der Waals surface area contributed by atoms with Gasteiger partial charge in [0.25, 0.3) is 0 Å². The average molecular weight is 367 g/mol. The van der Waals surface area contributed by atoms with Crippen LogP contribution in [0.25, 0.3) is 0 Å². The third-order valence-electron chi connectivity index (χ3n) is 3.26. The van der Waals surface area contributed by atoms with Crippen molar-refractivity contribution in [3.8, 4) is 5.75 Å². The molecule has 0 unspecified atom stereocenters. The normalized spacial score (nSPS) is 10.2. The summed E-state index contributed by atoms with van der Waals surface area (Å²) >= 11 is 12.2. The topological polar surface area (TPSA) is 58.6 Å². The van der Waals surface area contributed by atoms with Crippen molar-refractivity contribution < 1.29 is 14.3 Å². The number of anilines is 2. The first-order chi connectivity index (χ1) is 11.4. The minimum atomic E-state index is -0.369. The van der Waals surface area contributed by atoms with E-state index in [9.17, 15) is 9.59 Å². The number of nitrogens with zero attached hydrogens (tertiary/aromatic N) is 1. The van der Waals surface area contributed by atoms with Gasteiger partial charge in [0.05, 0.1) is 22.8 Å². The van der Waals surface area contributed by atoms with E-state index in [-0.39, 0.29) is 18.4 Å². The van der Waals surface area contributed by atoms with E-state index < -0.39 is 0 Å². The highest BCUT2D eigenvalue weighted by Gasteiger charge is 2.21. The maximum Gasteiger partial charge on any atom is 0.244 e. The quantitative estimate of drug-likeness (QED) is 0.869. The van der Waals surface area contributed by atoms with E-state index >= 15 is 0 Å². The zero-order valence-corrected chi connectivity index (χ0v) is 14.7. The van der Waals surface area contributed by atoms with Gasteiger partial charge in [-0.15, -0.1) is 0 Å². The minimum Gasteiger partial charge on any atom is -0.497 e. The van der Waals surface area contributed by atoms with Crippen molar-refractivity contribution in [3.63, 3.8) is 0 Å². The van der Waals surface area contributed by atoms with Crippen LogP contribution in [-0.4, -0.2) is 25.5 Å². The molecule has 2 rings (SSSR count). The number of carbonyl (C=O) groups excluding carboxylic acids is 2. The number of hydrogen-bond acceptors (Lipinski definition) is 3. The maximum atomic E-state index is 12.3. The van der Waals surface area contributed by atoms with Gasteiger partial charge in [-0.05, 0) is 36.4 Å². The van der Waals surface area contributed by atoms with Gasteiger partial charge >= 0.3 is 0 Å². The number of benzene rings is 2. The number of carbonyl (C=O) groups is 2. The summed E-state index contributed by atoms with van der Waals surface area (Å²) in [5.41, 5.74) is 0.910. The van der Waals surface area contributed by atoms with Crippen molar-refractivity contribution >= 4 is 46.4 Å². The number of hydrogen-bond donors (Lipinski definition) is 1. The molecule has 24 heavy (non-hydrogen) atoms. The summed E-state index contributed by atoms with van der Waals surface area (Å²) in [6.45, 7) is 1.14. The lowest BCUT2D eigenvalue weighted by atomic mass is 10.2. The zero-order chi connectivity index (χ0) is 17.7. The first kappa shape index (κ1) is 18.1. The zero-order valence-electron chi connectivity index (χ0n) is 13.2. The smallest absolute Gasteiger partial charge is 0.244 e. The Balaban J connectivity index is 2.15. The molecule has 0 heterocycles. The monoisotopic (exact) mass is 366 g/mol. The van der Waals surface area contributed by atoms with E-state index in [0.29, 0.717) is 27.2 Å². The van der Waals surface area contributed by atoms with Gasteiger partial charge in [-0.2, -0.15) is 0 Å². The predicted molar refractivity (Wildman–Crippen MR) is 96.1 cm³/mol. The lowest BCUT2D eigenvalue weighted by Gasteiger charge is -2.23. The van der Waals surface area contributed by atoms with Gasteiger partial charge in [-0.3, -0.25) is 9.59 Å². The van der Waals surface area contributed by atoms with Gasteiger partial charge in [0.1, 0.15) is 12.3 Å². The summed E-state index contributed by atoms with van der Waals surface area (Å²) in [4.78, 5) is 25.4. The average Bonchev–Trinajstić information content (AvgIpc) is 2.54. The number of halogens is 2. The van der Waals surface area contributed by atoms with E-state index in [2.05, 4.69) is 5.32 Å². The Morgan fingerprint density at radius 1 is 1.08 bits per heavy atom. The fourth-order valence-corrected chi connectivity index (χ4v) is 2.71. The molecule has 5 nitrogen and oxygen atoms in total. The van der Waals surface area contributed by atoms with E-state index in [4.69, 9.17) is 27.9 Å². The first-order valence-corrected chi connectivity index (χ1v) is 7.84. The lowest BCUT2D eigenvalue weighted by molar-refractivity contribution is -0.120. The minimum absolute atomic E-state index is 0.204. The predicted octanol–water partition coefficient (Wildman–Crippen LogP) is 3.99. The number of amides is 2. The molecule has 0 saturated carbocycles. The fraction of sp³-hybridized carbons (Fsp3) is 0.176. The summed E-state index contributed by atoms with van der Waals surface area (Å²) in [7, 11) is 1.56. The van der Waals surface area contributed by atoms with Crippen LogP contribution in [0.4, 0.5) is 11.4 Å². The van der Waals surface area contributed by atoms with E-state index in [1.165, 1.54) is 11.8 Å². The molecular weight excluding hydrogens is 351 g/mol. The van der Waals surface area contributed by atoms with Gasteiger partial charge in [0, 0.05) is 12.6 Å². The molecule has 0 aromatic heterocycles. The van der Waals surface area contributed by atoms with Crippen LogP contribution < -0.4 is 15.0 Å². The van der Waals surface area contributed by atoms with E-state index in [1.54, 1.807) is 49.6 Å². The summed E-state index contributed by atoms with van der Waals surface area (Å²) in [6, 6.07) is 11.8. The van der Waals surface area contributed by atoms with Gasteiger partial charge in [-0.1, -0.05) is 29.3 Å². The van der Waals surface area contributed by atoms with Gasteiger partial charge < -0.3 is 15.0 Å². The second kappa shape index (κ2) is 8.04. The van der Waals surface area contributed by atoms with Crippen LogP contribution in [0.1, 0.15) is 6.92 Å². The SMILES string of the molecule is COc1ccc(NC(=O)CN(C(C)=O)c2c(Cl)cccc2Cl)cc1. The molecule has 0 aliphatic rings. The molecule has 0 radical (unpaired) electrons. The summed E-state index contributed by atoms with van der Waals surface area (Å²) in [6.07, 6.45) is 0. The van der Waals surface area contributed by atoms with Crippen LogP contribution in [-0.2, 0) is 9.59 Å². The Morgan fingerprint density at radius 3 is 2.17 bits per heavy atom. The third kappa shape index (κ3) is 4.40. The van der Waals surface area contributed by atoms with Crippen molar-refractivity contribution in [3.05, 3.63) is 52.5 Å². The number of methoxy groups -OCH3 is 1. The van der Waals surface area contributed by atoms with E-state index in [0.717, 1.165) is 0 Å². The molecule has 126 valence electrons. The molecule has 2 amide bonds. The number of para-hydroxylation sites is 1. The third-order valence-corrected chi connectivity index (χ3v) is 3.87. The molecule has 0 saturated heterocycles. The largest absolute Gasteiger partial charge is 0.497 e. The number of rotatable bonds is 5. The van der Waals surface area contributed by atoms with Crippen molar-refractivity contribution in [2.24, 2.45) is 0 Å². The molecule has 1 N–H and O–H groups in total. The Labute approximate surface area is 150 Å². The van der Waals surface area contributed by atoms with Crippen LogP contribution in [0.5, 0.6) is 5.75 Å². The van der Waals surface area contributed by atoms with Gasteiger partial charge in [0.15, 0.2) is 0 Å². The standard InChI is InChI=1S/C17H16Cl2N2O3/c1-11(22)21(17-14(18)4-3-5-15(17)19)10-16(23)20-12-6-8-13(24-2)9-7-12/h3-9H,10H2,1-2H3,(H,20,23). The second-order valence-electron chi connectivity index (χ2n) is 4.95. The van der Waals surface area contributed by atoms with Crippen molar-refractivity contribution in [1.82, 2.24) is 0 Å². The van der Waals surface area contributed by atoms with Crippen LogP contribution in [0.15, 0.2) is 42.5 Å². The molecule has 2 aromatic rings. The second-order valence-corrected chi connectivity index (χ2v) is 5.77. The highest BCUT2D eigenvalue weighted by Crippen LogP contribution is 2.33. The Bertz CT molecular complexity index is 728. The Hall–Kier alpha value is -2.24. The molecule has 0 aliphatic carbocycles.